The van der Waals surface area contributed by atoms with E-state index in [9.17, 15) is 18.0 Å². The smallest absolute Gasteiger partial charge is 0.416 e. The number of nitrogens with zero attached hydrogens (tertiary/aromatic N) is 1. The fourth-order valence-corrected chi connectivity index (χ4v) is 1.85. The van der Waals surface area contributed by atoms with Gasteiger partial charge in [0.15, 0.2) is 0 Å². The second-order valence-electron chi connectivity index (χ2n) is 3.29. The molecule has 0 spiro atoms. The molecule has 96 valence electrons. The fraction of sp³-hybridized carbons (Fsp3) is 0.273. The summed E-state index contributed by atoms with van der Waals surface area (Å²) >= 11 is 2.92. The van der Waals surface area contributed by atoms with Gasteiger partial charge in [-0.1, -0.05) is 15.9 Å². The number of hydrogen-bond donors (Lipinski definition) is 0. The van der Waals surface area contributed by atoms with Crippen LogP contribution in [0.5, 0.6) is 0 Å². The van der Waals surface area contributed by atoms with Gasteiger partial charge in [-0.3, -0.25) is 0 Å². The third-order valence-electron chi connectivity index (χ3n) is 2.22. The zero-order chi connectivity index (χ0) is 13.9. The summed E-state index contributed by atoms with van der Waals surface area (Å²) in [5.74, 6) is -0.974. The summed E-state index contributed by atoms with van der Waals surface area (Å²) < 4.78 is 42.6. The molecule has 0 aromatic heterocycles. The van der Waals surface area contributed by atoms with Gasteiger partial charge in [0.05, 0.1) is 23.8 Å². The number of hydrogen-bond acceptors (Lipinski definition) is 3. The largest absolute Gasteiger partial charge is 0.465 e. The lowest BCUT2D eigenvalue weighted by Crippen LogP contribution is -2.13. The van der Waals surface area contributed by atoms with Gasteiger partial charge >= 0.3 is 12.1 Å². The van der Waals surface area contributed by atoms with Crippen LogP contribution in [0.1, 0.15) is 27.0 Å². The average Bonchev–Trinajstić information content (AvgIpc) is 2.34. The highest BCUT2D eigenvalue weighted by Gasteiger charge is 2.34. The van der Waals surface area contributed by atoms with E-state index in [1.807, 2.05) is 0 Å². The number of carbonyl (C=O) groups excluding carboxylic acids is 1. The molecule has 0 radical (unpaired) electrons. The van der Waals surface area contributed by atoms with Gasteiger partial charge in [0.1, 0.15) is 6.07 Å². The first-order chi connectivity index (χ1) is 8.35. The number of esters is 1. The molecular weight excluding hydrogens is 315 g/mol. The molecule has 3 nitrogen and oxygen atoms in total. The summed E-state index contributed by atoms with van der Waals surface area (Å²) in [4.78, 5) is 11.3. The zero-order valence-corrected chi connectivity index (χ0v) is 10.7. The Balaban J connectivity index is 3.55. The van der Waals surface area contributed by atoms with E-state index in [0.29, 0.717) is 6.07 Å². The maximum absolute atomic E-state index is 12.8. The second kappa shape index (κ2) is 5.40. The van der Waals surface area contributed by atoms with Gasteiger partial charge in [0.25, 0.3) is 0 Å². The van der Waals surface area contributed by atoms with Crippen molar-refractivity contribution in [2.75, 3.05) is 7.11 Å². The summed E-state index contributed by atoms with van der Waals surface area (Å²) in [6.45, 7) is 0. The Bertz CT molecular complexity index is 520. The van der Waals surface area contributed by atoms with E-state index in [1.54, 1.807) is 6.07 Å². The van der Waals surface area contributed by atoms with Crippen molar-refractivity contribution in [2.45, 2.75) is 11.5 Å². The van der Waals surface area contributed by atoms with Crippen LogP contribution in [-0.2, 0) is 16.2 Å². The Kier molecular flexibility index (Phi) is 4.35. The van der Waals surface area contributed by atoms with Crippen molar-refractivity contribution >= 4 is 21.9 Å². The number of alkyl halides is 4. The van der Waals surface area contributed by atoms with Gasteiger partial charge in [-0.2, -0.15) is 18.4 Å². The van der Waals surface area contributed by atoms with Gasteiger partial charge < -0.3 is 4.74 Å². The topological polar surface area (TPSA) is 50.1 Å². The van der Waals surface area contributed by atoms with Crippen LogP contribution in [0, 0.1) is 11.3 Å². The fourth-order valence-electron chi connectivity index (χ4n) is 1.39. The van der Waals surface area contributed by atoms with Gasteiger partial charge in [-0.05, 0) is 17.7 Å². The Hall–Kier alpha value is -1.55. The number of benzene rings is 1. The molecule has 0 aliphatic rings. The van der Waals surface area contributed by atoms with Crippen molar-refractivity contribution in [3.05, 3.63) is 34.4 Å². The molecule has 1 aromatic rings. The van der Waals surface area contributed by atoms with E-state index in [1.165, 1.54) is 0 Å². The normalized spacial score (nSPS) is 10.9. The highest BCUT2D eigenvalue weighted by molar-refractivity contribution is 9.08. The lowest BCUT2D eigenvalue weighted by atomic mass is 9.99. The van der Waals surface area contributed by atoms with E-state index in [2.05, 4.69) is 20.7 Å². The predicted molar refractivity (Wildman–Crippen MR) is 60.1 cm³/mol. The monoisotopic (exact) mass is 321 g/mol. The molecule has 0 bridgehead atoms. The van der Waals surface area contributed by atoms with Crippen molar-refractivity contribution in [2.24, 2.45) is 0 Å². The second-order valence-corrected chi connectivity index (χ2v) is 3.85. The Morgan fingerprint density at radius 3 is 2.50 bits per heavy atom. The van der Waals surface area contributed by atoms with Crippen LogP contribution >= 0.6 is 15.9 Å². The Morgan fingerprint density at radius 1 is 1.50 bits per heavy atom. The molecule has 0 aliphatic heterocycles. The van der Waals surface area contributed by atoms with Gasteiger partial charge in [0, 0.05) is 5.33 Å². The first-order valence-corrected chi connectivity index (χ1v) is 5.75. The van der Waals surface area contributed by atoms with E-state index >= 15 is 0 Å². The van der Waals surface area contributed by atoms with Crippen LogP contribution in [0.2, 0.25) is 0 Å². The maximum atomic E-state index is 12.8. The molecule has 1 aromatic carbocycles. The van der Waals surface area contributed by atoms with E-state index in [4.69, 9.17) is 5.26 Å². The quantitative estimate of drug-likeness (QED) is 0.620. The molecule has 18 heavy (non-hydrogen) atoms. The lowest BCUT2D eigenvalue weighted by molar-refractivity contribution is -0.138. The zero-order valence-electron chi connectivity index (χ0n) is 9.14. The highest BCUT2D eigenvalue weighted by atomic mass is 79.9. The number of carbonyl (C=O) groups is 1. The van der Waals surface area contributed by atoms with E-state index < -0.39 is 23.3 Å². The van der Waals surface area contributed by atoms with Crippen LogP contribution in [0.25, 0.3) is 0 Å². The number of halogens is 4. The number of methoxy groups -OCH3 is 1. The molecule has 0 atom stereocenters. The van der Waals surface area contributed by atoms with Crippen molar-refractivity contribution < 1.29 is 22.7 Å². The first kappa shape index (κ1) is 14.5. The number of rotatable bonds is 2. The first-order valence-electron chi connectivity index (χ1n) is 4.63. The van der Waals surface area contributed by atoms with Crippen molar-refractivity contribution in [3.8, 4) is 6.07 Å². The number of ether oxygens (including phenoxy) is 1. The molecule has 0 saturated carbocycles. The van der Waals surface area contributed by atoms with E-state index in [0.717, 1.165) is 13.2 Å². The van der Waals surface area contributed by atoms with Gasteiger partial charge in [-0.25, -0.2) is 4.79 Å². The minimum atomic E-state index is -4.60. The lowest BCUT2D eigenvalue weighted by Gasteiger charge is -2.13. The summed E-state index contributed by atoms with van der Waals surface area (Å²) in [7, 11) is 1.04. The predicted octanol–water partition coefficient (Wildman–Crippen LogP) is 3.26. The molecule has 0 N–H and O–H groups in total. The summed E-state index contributed by atoms with van der Waals surface area (Å²) in [5.41, 5.74) is -1.60. The summed E-state index contributed by atoms with van der Waals surface area (Å²) in [6, 6.07) is 3.35. The summed E-state index contributed by atoms with van der Waals surface area (Å²) in [5, 5.41) is 8.75. The Labute approximate surface area is 109 Å². The molecule has 0 unspecified atom stereocenters. The Morgan fingerprint density at radius 2 is 2.11 bits per heavy atom. The number of nitriles is 1. The third-order valence-corrected chi connectivity index (χ3v) is 2.82. The van der Waals surface area contributed by atoms with Crippen LogP contribution in [-0.4, -0.2) is 13.1 Å². The molecule has 0 fully saturated rings. The third kappa shape index (κ3) is 2.82. The highest BCUT2D eigenvalue weighted by Crippen LogP contribution is 2.34. The van der Waals surface area contributed by atoms with Gasteiger partial charge in [-0.15, -0.1) is 0 Å². The molecule has 0 amide bonds. The molecule has 7 heteroatoms. The SMILES string of the molecule is COC(=O)c1cc(C(F)(F)F)c(CBr)cc1C#N. The minimum absolute atomic E-state index is 0.0715. The average molecular weight is 322 g/mol. The van der Waals surface area contributed by atoms with Gasteiger partial charge in [0.2, 0.25) is 0 Å². The van der Waals surface area contributed by atoms with Crippen LogP contribution in [0.15, 0.2) is 12.1 Å². The molecule has 0 saturated heterocycles. The van der Waals surface area contributed by atoms with Crippen molar-refractivity contribution in [3.63, 3.8) is 0 Å². The van der Waals surface area contributed by atoms with Crippen LogP contribution in [0.4, 0.5) is 13.2 Å². The van der Waals surface area contributed by atoms with E-state index in [-0.39, 0.29) is 16.5 Å². The minimum Gasteiger partial charge on any atom is -0.465 e. The van der Waals surface area contributed by atoms with Crippen molar-refractivity contribution in [1.82, 2.24) is 0 Å². The molecule has 0 aliphatic carbocycles. The summed E-state index contributed by atoms with van der Waals surface area (Å²) in [6.07, 6.45) is -4.60. The maximum Gasteiger partial charge on any atom is 0.416 e. The molecule has 0 heterocycles. The molecule has 1 rings (SSSR count). The standard InChI is InChI=1S/C11H7BrF3NO2/c1-18-10(17)8-3-9(11(13,14)15)6(4-12)2-7(8)5-16/h2-3H,4H2,1H3. The molecular formula is C11H7BrF3NO2. The van der Waals surface area contributed by atoms with Crippen LogP contribution in [0.3, 0.4) is 0 Å². The van der Waals surface area contributed by atoms with Crippen molar-refractivity contribution in [1.29, 1.82) is 5.26 Å². The van der Waals surface area contributed by atoms with Crippen LogP contribution < -0.4 is 0 Å².